The van der Waals surface area contributed by atoms with Crippen LogP contribution in [-0.4, -0.2) is 12.8 Å². The maximum atomic E-state index is 5.67. The Kier molecular flexibility index (Phi) is 5.18. The Bertz CT molecular complexity index is 313. The lowest BCUT2D eigenvalue weighted by Gasteiger charge is -2.18. The van der Waals surface area contributed by atoms with Gasteiger partial charge in [-0.2, -0.15) is 0 Å². The molecule has 0 aliphatic rings. The van der Waals surface area contributed by atoms with Crippen LogP contribution in [0.15, 0.2) is 35.2 Å². The molecule has 1 nitrogen and oxygen atoms in total. The molecule has 0 amide bonds. The minimum atomic E-state index is -1.67. The average molecular weight is 246 g/mol. The predicted molar refractivity (Wildman–Crippen MR) is 68.8 cm³/mol. The quantitative estimate of drug-likeness (QED) is 0.722. The van der Waals surface area contributed by atoms with Gasteiger partial charge in [-0.3, -0.25) is 0 Å². The van der Waals surface area contributed by atoms with Crippen LogP contribution in [0.5, 0.6) is 0 Å². The third kappa shape index (κ3) is 3.74. The molecule has 78 valence electrons. The summed E-state index contributed by atoms with van der Waals surface area (Å²) in [5.41, 5.74) is -1.67. The first-order valence-electron chi connectivity index (χ1n) is 4.68. The van der Waals surface area contributed by atoms with Gasteiger partial charge in [-0.15, -0.1) is 0 Å². The second-order valence-electron chi connectivity index (χ2n) is 2.75. The molecule has 0 unspecified atom stereocenters. The summed E-state index contributed by atoms with van der Waals surface area (Å²) in [6.07, 6.45) is 0.940. The van der Waals surface area contributed by atoms with Crippen LogP contribution in [0.3, 0.4) is 0 Å². The molecule has 0 radical (unpaired) electrons. The van der Waals surface area contributed by atoms with Gasteiger partial charge in [-0.25, -0.2) is 0 Å². The van der Waals surface area contributed by atoms with Crippen molar-refractivity contribution in [1.82, 2.24) is 0 Å². The Balaban J connectivity index is 2.71. The van der Waals surface area contributed by atoms with Crippen molar-refractivity contribution in [2.24, 2.45) is 0 Å². The van der Waals surface area contributed by atoms with E-state index in [-0.39, 0.29) is 0 Å². The lowest BCUT2D eigenvalue weighted by molar-refractivity contribution is 0.385. The molecule has 14 heavy (non-hydrogen) atoms. The first-order valence-corrected chi connectivity index (χ1v) is 9.01. The summed E-state index contributed by atoms with van der Waals surface area (Å²) < 4.78 is 5.67. The van der Waals surface area contributed by atoms with Gasteiger partial charge < -0.3 is 4.52 Å². The van der Waals surface area contributed by atoms with Gasteiger partial charge in [-0.1, -0.05) is 48.3 Å². The van der Waals surface area contributed by atoms with Crippen molar-refractivity contribution in [1.29, 1.82) is 0 Å². The smallest absolute Gasteiger partial charge is 0.123 e. The van der Waals surface area contributed by atoms with Crippen LogP contribution >= 0.6 is 16.8 Å². The fourth-order valence-electron chi connectivity index (χ4n) is 1.02. The molecule has 1 aromatic rings. The van der Waals surface area contributed by atoms with Crippen molar-refractivity contribution in [2.45, 2.75) is 18.7 Å². The molecule has 0 saturated carbocycles. The highest BCUT2D eigenvalue weighted by atomic mass is 32.9. The van der Waals surface area contributed by atoms with Gasteiger partial charge in [0.25, 0.3) is 0 Å². The van der Waals surface area contributed by atoms with Crippen LogP contribution in [0, 0.1) is 0 Å². The Hall–Kier alpha value is 0.180. The van der Waals surface area contributed by atoms with Crippen LogP contribution in [0.1, 0.15) is 13.8 Å². The summed E-state index contributed by atoms with van der Waals surface area (Å²) in [4.78, 5) is 1.21. The SMILES string of the molecule is CCO[P@](=S)(CC)Sc1ccccc1. The lowest BCUT2D eigenvalue weighted by Crippen LogP contribution is -1.88. The van der Waals surface area contributed by atoms with Crippen molar-refractivity contribution < 1.29 is 4.52 Å². The molecule has 0 aliphatic heterocycles. The minimum absolute atomic E-state index is 0.713. The van der Waals surface area contributed by atoms with Gasteiger partial charge in [-0.05, 0) is 19.1 Å². The third-order valence-electron chi connectivity index (χ3n) is 1.70. The van der Waals surface area contributed by atoms with Gasteiger partial charge >= 0.3 is 0 Å². The van der Waals surface area contributed by atoms with Gasteiger partial charge in [0.15, 0.2) is 0 Å². The van der Waals surface area contributed by atoms with E-state index in [0.717, 1.165) is 6.16 Å². The molecule has 0 N–H and O–H groups in total. The van der Waals surface area contributed by atoms with E-state index in [2.05, 4.69) is 19.1 Å². The first kappa shape index (κ1) is 12.3. The summed E-state index contributed by atoms with van der Waals surface area (Å²) in [5, 5.41) is 0. The van der Waals surface area contributed by atoms with E-state index in [1.807, 2.05) is 25.1 Å². The lowest BCUT2D eigenvalue weighted by atomic mass is 10.4. The molecular formula is C10H15OPS2. The highest BCUT2D eigenvalue weighted by Crippen LogP contribution is 2.62. The fraction of sp³-hybridized carbons (Fsp3) is 0.400. The van der Waals surface area contributed by atoms with Crippen LogP contribution < -0.4 is 0 Å². The molecule has 1 rings (SSSR count). The van der Waals surface area contributed by atoms with E-state index in [9.17, 15) is 0 Å². The third-order valence-corrected chi connectivity index (χ3v) is 8.21. The Labute approximate surface area is 95.1 Å². The molecule has 1 aromatic carbocycles. The summed E-state index contributed by atoms with van der Waals surface area (Å²) in [6.45, 7) is 4.82. The van der Waals surface area contributed by atoms with Crippen LogP contribution in [0.2, 0.25) is 0 Å². The summed E-state index contributed by atoms with van der Waals surface area (Å²) in [6, 6.07) is 10.2. The molecule has 0 bridgehead atoms. The van der Waals surface area contributed by atoms with Gasteiger partial charge in [0.2, 0.25) is 0 Å². The summed E-state index contributed by atoms with van der Waals surface area (Å²) in [7, 11) is 0. The number of rotatable bonds is 5. The number of hydrogen-bond donors (Lipinski definition) is 0. The topological polar surface area (TPSA) is 9.23 Å². The van der Waals surface area contributed by atoms with E-state index >= 15 is 0 Å². The van der Waals surface area contributed by atoms with Crippen molar-refractivity contribution >= 4 is 28.7 Å². The predicted octanol–water partition coefficient (Wildman–Crippen LogP) is 4.14. The summed E-state index contributed by atoms with van der Waals surface area (Å²) in [5.74, 6) is 0. The molecule has 0 spiro atoms. The molecular weight excluding hydrogens is 231 g/mol. The zero-order chi connectivity index (χ0) is 10.4. The highest BCUT2D eigenvalue weighted by Gasteiger charge is 2.15. The van der Waals surface area contributed by atoms with Gasteiger partial charge in [0, 0.05) is 17.7 Å². The average Bonchev–Trinajstić information content (AvgIpc) is 2.20. The van der Waals surface area contributed by atoms with E-state index < -0.39 is 5.47 Å². The maximum absolute atomic E-state index is 5.67. The maximum Gasteiger partial charge on any atom is 0.123 e. The zero-order valence-electron chi connectivity index (χ0n) is 8.47. The van der Waals surface area contributed by atoms with Crippen LogP contribution in [0.4, 0.5) is 0 Å². The highest BCUT2D eigenvalue weighted by molar-refractivity contribution is 8.69. The molecule has 4 heteroatoms. The summed E-state index contributed by atoms with van der Waals surface area (Å²) >= 11 is 7.26. The van der Waals surface area contributed by atoms with E-state index in [4.69, 9.17) is 16.3 Å². The zero-order valence-corrected chi connectivity index (χ0v) is 11.0. The van der Waals surface area contributed by atoms with Crippen LogP contribution in [0.25, 0.3) is 0 Å². The monoisotopic (exact) mass is 246 g/mol. The Morgan fingerprint density at radius 1 is 1.29 bits per heavy atom. The van der Waals surface area contributed by atoms with Crippen molar-refractivity contribution in [3.63, 3.8) is 0 Å². The van der Waals surface area contributed by atoms with Gasteiger partial charge in [0.05, 0.1) is 0 Å². The normalized spacial score (nSPS) is 15.0. The Morgan fingerprint density at radius 2 is 1.93 bits per heavy atom. The first-order chi connectivity index (χ1) is 6.70. The van der Waals surface area contributed by atoms with Crippen molar-refractivity contribution in [3.8, 4) is 0 Å². The van der Waals surface area contributed by atoms with Gasteiger partial charge in [0.1, 0.15) is 5.47 Å². The minimum Gasteiger partial charge on any atom is -0.341 e. The number of hydrogen-bond acceptors (Lipinski definition) is 3. The molecule has 0 heterocycles. The standard InChI is InChI=1S/C10H15OPS2/c1-3-11-12(13,4-2)14-10-8-6-5-7-9-10/h5-9H,3-4H2,1-2H3/t12-/m0/s1. The largest absolute Gasteiger partial charge is 0.341 e. The molecule has 0 fully saturated rings. The van der Waals surface area contributed by atoms with Crippen molar-refractivity contribution in [2.75, 3.05) is 12.8 Å². The van der Waals surface area contributed by atoms with E-state index in [1.54, 1.807) is 11.4 Å². The second kappa shape index (κ2) is 5.92. The van der Waals surface area contributed by atoms with E-state index in [1.165, 1.54) is 4.90 Å². The van der Waals surface area contributed by atoms with Crippen molar-refractivity contribution in [3.05, 3.63) is 30.3 Å². The molecule has 0 aliphatic carbocycles. The van der Waals surface area contributed by atoms with Crippen LogP contribution in [-0.2, 0) is 16.3 Å². The molecule has 0 saturated heterocycles. The fourth-order valence-corrected chi connectivity index (χ4v) is 5.66. The Morgan fingerprint density at radius 3 is 2.43 bits per heavy atom. The molecule has 1 atom stereocenters. The van der Waals surface area contributed by atoms with E-state index in [0.29, 0.717) is 6.61 Å². The molecule has 0 aromatic heterocycles. The second-order valence-corrected chi connectivity index (χ2v) is 10.3. The number of benzene rings is 1.